The maximum Gasteiger partial charge on any atom is 0.273 e. The number of nitrogens with one attached hydrogen (secondary N) is 3. The van der Waals surface area contributed by atoms with Crippen LogP contribution in [0.25, 0.3) is 0 Å². The number of hydrazine groups is 1. The Morgan fingerprint density at radius 1 is 0.963 bits per heavy atom. The normalized spacial score (nSPS) is 10.6. The molecule has 0 heterocycles. The van der Waals surface area contributed by atoms with Crippen molar-refractivity contribution < 1.29 is 14.3 Å². The minimum atomic E-state index is -0.590. The fourth-order valence-electron chi connectivity index (χ4n) is 2.02. The van der Waals surface area contributed by atoms with Gasteiger partial charge in [-0.25, -0.2) is 0 Å². The van der Waals surface area contributed by atoms with E-state index in [9.17, 15) is 9.59 Å². The minimum absolute atomic E-state index is 0.0194. The quantitative estimate of drug-likeness (QED) is 0.557. The van der Waals surface area contributed by atoms with Gasteiger partial charge in [-0.15, -0.1) is 0 Å². The fourth-order valence-corrected chi connectivity index (χ4v) is 2.16. The second-order valence-corrected chi connectivity index (χ2v) is 7.29. The lowest BCUT2D eigenvalue weighted by atomic mass is 9.96. The van der Waals surface area contributed by atoms with Gasteiger partial charge >= 0.3 is 0 Å². The van der Waals surface area contributed by atoms with Gasteiger partial charge in [0.2, 0.25) is 5.91 Å². The van der Waals surface area contributed by atoms with Crippen molar-refractivity contribution >= 4 is 29.1 Å². The highest BCUT2D eigenvalue weighted by atomic mass is 32.1. The molecule has 0 aromatic heterocycles. The van der Waals surface area contributed by atoms with Crippen molar-refractivity contribution in [3.63, 3.8) is 0 Å². The lowest BCUT2D eigenvalue weighted by molar-refractivity contribution is -0.126. The molecule has 0 aliphatic rings. The molecule has 142 valence electrons. The van der Waals surface area contributed by atoms with E-state index < -0.39 is 11.3 Å². The van der Waals surface area contributed by atoms with E-state index in [1.54, 1.807) is 45.0 Å². The Kier molecular flexibility index (Phi) is 6.90. The summed E-state index contributed by atoms with van der Waals surface area (Å²) in [6.07, 6.45) is 0. The smallest absolute Gasteiger partial charge is 0.273 e. The van der Waals surface area contributed by atoms with E-state index in [0.29, 0.717) is 17.9 Å². The zero-order valence-corrected chi connectivity index (χ0v) is 16.4. The standard InChI is InChI=1S/C20H23N3O3S/c1-20(2,3)18(25)21-19(27)23-22-17(24)15-11-7-8-12-16(15)26-13-14-9-5-4-6-10-14/h4-12H,13H2,1-3H3,(H,22,24)(H2,21,23,25,27). The topological polar surface area (TPSA) is 79.5 Å². The number of thiocarbonyl (C=S) groups is 1. The summed E-state index contributed by atoms with van der Waals surface area (Å²) >= 11 is 5.03. The van der Waals surface area contributed by atoms with Crippen LogP contribution in [-0.4, -0.2) is 16.9 Å². The van der Waals surface area contributed by atoms with Gasteiger partial charge in [0.05, 0.1) is 5.56 Å². The summed E-state index contributed by atoms with van der Waals surface area (Å²) in [5.41, 5.74) is 5.76. The SMILES string of the molecule is CC(C)(C)C(=O)NC(=S)NNC(=O)c1ccccc1OCc1ccccc1. The summed E-state index contributed by atoms with van der Waals surface area (Å²) in [6.45, 7) is 5.65. The van der Waals surface area contributed by atoms with Crippen LogP contribution < -0.4 is 20.9 Å². The second kappa shape index (κ2) is 9.14. The molecular formula is C20H23N3O3S. The Bertz CT molecular complexity index is 817. The summed E-state index contributed by atoms with van der Waals surface area (Å²) in [4.78, 5) is 24.3. The van der Waals surface area contributed by atoms with Crippen molar-refractivity contribution in [2.24, 2.45) is 5.41 Å². The average Bonchev–Trinajstić information content (AvgIpc) is 2.64. The summed E-state index contributed by atoms with van der Waals surface area (Å²) in [5.74, 6) is -0.225. The molecule has 0 spiro atoms. The molecule has 6 nitrogen and oxygen atoms in total. The highest BCUT2D eigenvalue weighted by Crippen LogP contribution is 2.19. The summed E-state index contributed by atoms with van der Waals surface area (Å²) in [5, 5.41) is 2.54. The molecular weight excluding hydrogens is 362 g/mol. The molecule has 0 saturated carbocycles. The van der Waals surface area contributed by atoms with E-state index >= 15 is 0 Å². The number of carbonyl (C=O) groups excluding carboxylic acids is 2. The lowest BCUT2D eigenvalue weighted by Crippen LogP contribution is -2.50. The Labute approximate surface area is 164 Å². The van der Waals surface area contributed by atoms with Crippen LogP contribution in [0.3, 0.4) is 0 Å². The number of amides is 2. The minimum Gasteiger partial charge on any atom is -0.488 e. The third-order valence-electron chi connectivity index (χ3n) is 3.57. The third kappa shape index (κ3) is 6.38. The average molecular weight is 385 g/mol. The van der Waals surface area contributed by atoms with Crippen molar-refractivity contribution in [2.75, 3.05) is 0 Å². The Balaban J connectivity index is 1.94. The van der Waals surface area contributed by atoms with Crippen LogP contribution in [0, 0.1) is 5.41 Å². The van der Waals surface area contributed by atoms with Crippen molar-refractivity contribution in [3.8, 4) is 5.75 Å². The molecule has 3 N–H and O–H groups in total. The van der Waals surface area contributed by atoms with Gasteiger partial charge in [-0.1, -0.05) is 63.2 Å². The lowest BCUT2D eigenvalue weighted by Gasteiger charge is -2.19. The summed E-state index contributed by atoms with van der Waals surface area (Å²) < 4.78 is 5.77. The van der Waals surface area contributed by atoms with Crippen molar-refractivity contribution in [2.45, 2.75) is 27.4 Å². The Morgan fingerprint density at radius 3 is 2.26 bits per heavy atom. The first-order valence-corrected chi connectivity index (χ1v) is 8.86. The molecule has 2 aromatic rings. The third-order valence-corrected chi connectivity index (χ3v) is 3.77. The molecule has 0 fully saturated rings. The zero-order chi connectivity index (χ0) is 19.9. The zero-order valence-electron chi connectivity index (χ0n) is 15.5. The molecule has 27 heavy (non-hydrogen) atoms. The Morgan fingerprint density at radius 2 is 1.59 bits per heavy atom. The van der Waals surface area contributed by atoms with E-state index in [4.69, 9.17) is 17.0 Å². The van der Waals surface area contributed by atoms with Gasteiger partial charge in [0, 0.05) is 5.41 Å². The number of hydrogen-bond acceptors (Lipinski definition) is 4. The molecule has 0 aliphatic carbocycles. The number of benzene rings is 2. The van der Waals surface area contributed by atoms with E-state index in [0.717, 1.165) is 5.56 Å². The first-order valence-electron chi connectivity index (χ1n) is 8.45. The maximum atomic E-state index is 12.4. The molecule has 7 heteroatoms. The monoisotopic (exact) mass is 385 g/mol. The second-order valence-electron chi connectivity index (χ2n) is 6.88. The molecule has 0 radical (unpaired) electrons. The van der Waals surface area contributed by atoms with Crippen LogP contribution in [0.5, 0.6) is 5.75 Å². The highest BCUT2D eigenvalue weighted by molar-refractivity contribution is 7.80. The van der Waals surface area contributed by atoms with E-state index in [2.05, 4.69) is 16.2 Å². The van der Waals surface area contributed by atoms with Gasteiger partial charge in [-0.2, -0.15) is 0 Å². The largest absolute Gasteiger partial charge is 0.488 e. The van der Waals surface area contributed by atoms with Gasteiger partial charge in [0.15, 0.2) is 5.11 Å². The fraction of sp³-hybridized carbons (Fsp3) is 0.250. The number of ether oxygens (including phenoxy) is 1. The van der Waals surface area contributed by atoms with Crippen LogP contribution in [0.15, 0.2) is 54.6 Å². The molecule has 0 aliphatic heterocycles. The van der Waals surface area contributed by atoms with Crippen LogP contribution in [-0.2, 0) is 11.4 Å². The summed E-state index contributed by atoms with van der Waals surface area (Å²) in [6, 6.07) is 16.6. The van der Waals surface area contributed by atoms with Crippen LogP contribution >= 0.6 is 12.2 Å². The Hall–Kier alpha value is -2.93. The molecule has 0 saturated heterocycles. The van der Waals surface area contributed by atoms with E-state index in [-0.39, 0.29) is 11.0 Å². The van der Waals surface area contributed by atoms with Gasteiger partial charge < -0.3 is 10.1 Å². The van der Waals surface area contributed by atoms with Crippen molar-refractivity contribution in [1.29, 1.82) is 0 Å². The van der Waals surface area contributed by atoms with Crippen LogP contribution in [0.4, 0.5) is 0 Å². The number of para-hydroxylation sites is 1. The van der Waals surface area contributed by atoms with Gasteiger partial charge in [0.1, 0.15) is 12.4 Å². The van der Waals surface area contributed by atoms with E-state index in [1.807, 2.05) is 30.3 Å². The molecule has 2 rings (SSSR count). The molecule has 0 bridgehead atoms. The predicted molar refractivity (Wildman–Crippen MR) is 108 cm³/mol. The van der Waals surface area contributed by atoms with Gasteiger partial charge in [-0.05, 0) is 29.9 Å². The highest BCUT2D eigenvalue weighted by Gasteiger charge is 2.22. The predicted octanol–water partition coefficient (Wildman–Crippen LogP) is 2.95. The number of carbonyl (C=O) groups is 2. The maximum absolute atomic E-state index is 12.4. The van der Waals surface area contributed by atoms with E-state index in [1.165, 1.54) is 0 Å². The van der Waals surface area contributed by atoms with Gasteiger partial charge in [0.25, 0.3) is 5.91 Å². The summed E-state index contributed by atoms with van der Waals surface area (Å²) in [7, 11) is 0. The molecule has 2 amide bonds. The number of rotatable bonds is 4. The molecule has 2 aromatic carbocycles. The van der Waals surface area contributed by atoms with Crippen molar-refractivity contribution in [1.82, 2.24) is 16.2 Å². The van der Waals surface area contributed by atoms with Crippen molar-refractivity contribution in [3.05, 3.63) is 65.7 Å². The van der Waals surface area contributed by atoms with Crippen LogP contribution in [0.1, 0.15) is 36.7 Å². The number of hydrogen-bond donors (Lipinski definition) is 3. The first-order chi connectivity index (χ1) is 12.8. The molecule has 0 atom stereocenters. The first kappa shape index (κ1) is 20.4. The van der Waals surface area contributed by atoms with Crippen LogP contribution in [0.2, 0.25) is 0 Å². The van der Waals surface area contributed by atoms with Gasteiger partial charge in [-0.3, -0.25) is 20.4 Å². The molecule has 0 unspecified atom stereocenters.